The fraction of sp³-hybridized carbons (Fsp3) is 0.189. The number of nitrogens with zero attached hydrogens (tertiary/aromatic N) is 2. The summed E-state index contributed by atoms with van der Waals surface area (Å²) in [6.07, 6.45) is 10.9. The van der Waals surface area contributed by atoms with E-state index in [0.717, 1.165) is 86.2 Å². The summed E-state index contributed by atoms with van der Waals surface area (Å²) in [6.45, 7) is 12.8. The molecule has 6 nitrogen and oxygen atoms in total. The van der Waals surface area contributed by atoms with Crippen LogP contribution in [0.5, 0.6) is 0 Å². The van der Waals surface area contributed by atoms with E-state index in [9.17, 15) is 4.39 Å². The Morgan fingerprint density at radius 3 is 2.64 bits per heavy atom. The molecule has 0 amide bonds. The third-order valence-electron chi connectivity index (χ3n) is 7.51. The first-order valence-electron chi connectivity index (χ1n) is 15.0. The molecule has 0 aliphatic heterocycles. The van der Waals surface area contributed by atoms with Gasteiger partial charge in [0.25, 0.3) is 0 Å². The van der Waals surface area contributed by atoms with E-state index in [-0.39, 0.29) is 5.82 Å². The van der Waals surface area contributed by atoms with Crippen molar-refractivity contribution in [2.24, 2.45) is 0 Å². The van der Waals surface area contributed by atoms with Gasteiger partial charge in [-0.3, -0.25) is 9.82 Å². The number of aromatic nitrogens is 4. The number of allylic oxidation sites excluding steroid dienone is 5. The van der Waals surface area contributed by atoms with Gasteiger partial charge in [0, 0.05) is 28.8 Å². The zero-order valence-electron chi connectivity index (χ0n) is 26.3. The lowest BCUT2D eigenvalue weighted by molar-refractivity contribution is 0.625. The van der Waals surface area contributed by atoms with Crippen LogP contribution in [0.4, 0.5) is 4.39 Å². The second-order valence-electron chi connectivity index (χ2n) is 11.4. The number of halogens is 1. The minimum atomic E-state index is -1.42. The zero-order valence-corrected chi connectivity index (χ0v) is 27.1. The van der Waals surface area contributed by atoms with Crippen LogP contribution >= 0.6 is 9.39 Å². The van der Waals surface area contributed by atoms with E-state index >= 15 is 0 Å². The maximum atomic E-state index is 14.8. The predicted molar refractivity (Wildman–Crippen MR) is 195 cm³/mol. The normalized spacial score (nSPS) is 12.6. The van der Waals surface area contributed by atoms with Gasteiger partial charge in [0.05, 0.1) is 16.9 Å². The molecule has 232 valence electrons. The summed E-state index contributed by atoms with van der Waals surface area (Å²) in [5.74, 6) is 7.85. The first-order chi connectivity index (χ1) is 21.6. The summed E-state index contributed by atoms with van der Waals surface area (Å²) < 4.78 is 18.1. The molecule has 8 heteroatoms. The third-order valence-corrected chi connectivity index (χ3v) is 8.35. The maximum absolute atomic E-state index is 14.8. The Kier molecular flexibility index (Phi) is 9.56. The monoisotopic (exact) mass is 620 g/mol. The molecule has 0 bridgehead atoms. The molecule has 0 aliphatic rings. The van der Waals surface area contributed by atoms with Crippen LogP contribution in [-0.2, 0) is 6.54 Å². The van der Waals surface area contributed by atoms with Gasteiger partial charge in [0.2, 0.25) is 0 Å². The Morgan fingerprint density at radius 2 is 1.91 bits per heavy atom. The van der Waals surface area contributed by atoms with Crippen LogP contribution in [0, 0.1) is 5.82 Å². The van der Waals surface area contributed by atoms with Crippen LogP contribution in [-0.4, -0.2) is 38.2 Å². The van der Waals surface area contributed by atoms with E-state index < -0.39 is 9.39 Å². The van der Waals surface area contributed by atoms with Crippen LogP contribution in [0.15, 0.2) is 97.4 Å². The standard InChI is InChI=1S/C37H41FN6S/c1-8-11-13-24(4)40-29(10-3)21-26(9-2)32-16-17-34-36(42-32)37(44-43-34)35-22-31-30(14-12-15-33(31)41-35)27-18-25(19-28(38)20-27)23-39-45(5,6)7/h9-10,12,14-22,39-41H,3-6,8,11,13,23H2,1-2,7H3,(H,43,44)/b26-9+,29-21+. The molecule has 3 aromatic heterocycles. The summed E-state index contributed by atoms with van der Waals surface area (Å²) in [7, 11) is -1.42. The number of nitrogens with one attached hydrogen (secondary N) is 4. The number of aromatic amines is 2. The number of pyridine rings is 1. The largest absolute Gasteiger partial charge is 0.359 e. The van der Waals surface area contributed by atoms with Crippen molar-refractivity contribution in [2.75, 3.05) is 6.26 Å². The quantitative estimate of drug-likeness (QED) is 0.0782. The SMILES string of the molecule is C=C/C(=C\C(=C/C)c1ccc2[nH]nc(-c3cc4c(-c5cc(F)cc(CNS(=C)(=C)C)c5)cccc4[nH]3)c2n1)NC(=C)CCCC. The van der Waals surface area contributed by atoms with Crippen LogP contribution in [0.25, 0.3) is 50.0 Å². The van der Waals surface area contributed by atoms with E-state index in [0.29, 0.717) is 12.2 Å². The zero-order chi connectivity index (χ0) is 32.1. The van der Waals surface area contributed by atoms with E-state index in [1.165, 1.54) is 0 Å². The van der Waals surface area contributed by atoms with Crippen molar-refractivity contribution in [3.05, 3.63) is 114 Å². The number of hydrogen-bond acceptors (Lipinski definition) is 4. The van der Waals surface area contributed by atoms with Crippen LogP contribution in [0.2, 0.25) is 0 Å². The van der Waals surface area contributed by atoms with Crippen LogP contribution in [0.1, 0.15) is 44.4 Å². The molecule has 0 fully saturated rings. The number of unbranched alkanes of at least 4 members (excludes halogenated alkanes) is 1. The molecule has 0 aliphatic carbocycles. The summed E-state index contributed by atoms with van der Waals surface area (Å²) in [4.78, 5) is 8.55. The molecular weight excluding hydrogens is 580 g/mol. The number of H-pyrrole nitrogens is 2. The molecule has 0 unspecified atom stereocenters. The molecule has 0 saturated carbocycles. The van der Waals surface area contributed by atoms with Crippen molar-refractivity contribution in [1.29, 1.82) is 0 Å². The van der Waals surface area contributed by atoms with Gasteiger partial charge in [-0.05, 0) is 103 Å². The number of rotatable bonds is 13. The van der Waals surface area contributed by atoms with Crippen molar-refractivity contribution < 1.29 is 4.39 Å². The van der Waals surface area contributed by atoms with Gasteiger partial charge in [-0.25, -0.2) is 9.37 Å². The van der Waals surface area contributed by atoms with Crippen molar-refractivity contribution in [3.63, 3.8) is 0 Å². The number of fused-ring (bicyclic) bond motifs is 2. The average Bonchev–Trinajstić information content (AvgIpc) is 3.64. The van der Waals surface area contributed by atoms with Gasteiger partial charge >= 0.3 is 0 Å². The molecule has 3 heterocycles. The second-order valence-corrected chi connectivity index (χ2v) is 14.3. The minimum absolute atomic E-state index is 0.286. The Hall–Kier alpha value is -4.66. The molecule has 0 saturated heterocycles. The van der Waals surface area contributed by atoms with Crippen molar-refractivity contribution in [3.8, 4) is 22.5 Å². The Morgan fingerprint density at radius 1 is 1.09 bits per heavy atom. The predicted octanol–water partition coefficient (Wildman–Crippen LogP) is 8.98. The van der Waals surface area contributed by atoms with E-state index in [1.54, 1.807) is 18.2 Å². The topological polar surface area (TPSA) is 81.4 Å². The Labute approximate surface area is 265 Å². The highest BCUT2D eigenvalue weighted by molar-refractivity contribution is 8.25. The summed E-state index contributed by atoms with van der Waals surface area (Å²) in [6, 6.07) is 17.2. The summed E-state index contributed by atoms with van der Waals surface area (Å²) >= 11 is 0. The van der Waals surface area contributed by atoms with Gasteiger partial charge in [-0.15, -0.1) is 0 Å². The third kappa shape index (κ3) is 7.53. The molecule has 45 heavy (non-hydrogen) atoms. The van der Waals surface area contributed by atoms with Crippen molar-refractivity contribution >= 4 is 48.6 Å². The van der Waals surface area contributed by atoms with Crippen molar-refractivity contribution in [1.82, 2.24) is 30.2 Å². The van der Waals surface area contributed by atoms with Crippen LogP contribution < -0.4 is 10.0 Å². The van der Waals surface area contributed by atoms with Gasteiger partial charge in [-0.2, -0.15) is 14.5 Å². The molecule has 4 N–H and O–H groups in total. The van der Waals surface area contributed by atoms with Gasteiger partial charge in [0.15, 0.2) is 0 Å². The first kappa shape index (κ1) is 31.8. The van der Waals surface area contributed by atoms with Crippen LogP contribution in [0.3, 0.4) is 0 Å². The molecule has 5 rings (SSSR count). The highest BCUT2D eigenvalue weighted by Crippen LogP contribution is 2.35. The minimum Gasteiger partial charge on any atom is -0.359 e. The Bertz CT molecular complexity index is 2060. The van der Waals surface area contributed by atoms with E-state index in [1.807, 2.05) is 61.7 Å². The highest BCUT2D eigenvalue weighted by Gasteiger charge is 2.16. The maximum Gasteiger partial charge on any atom is 0.135 e. The molecule has 0 radical (unpaired) electrons. The fourth-order valence-electron chi connectivity index (χ4n) is 5.22. The fourth-order valence-corrected chi connectivity index (χ4v) is 5.74. The molecule has 0 atom stereocenters. The lowest BCUT2D eigenvalue weighted by Gasteiger charge is -2.12. The smallest absolute Gasteiger partial charge is 0.135 e. The second kappa shape index (κ2) is 13.5. The number of benzene rings is 2. The summed E-state index contributed by atoms with van der Waals surface area (Å²) in [5.41, 5.74) is 10.2. The van der Waals surface area contributed by atoms with Crippen molar-refractivity contribution in [2.45, 2.75) is 39.7 Å². The molecule has 0 spiro atoms. The van der Waals surface area contributed by atoms with E-state index in [4.69, 9.17) is 4.98 Å². The lowest BCUT2D eigenvalue weighted by atomic mass is 9.99. The van der Waals surface area contributed by atoms with Gasteiger partial charge in [0.1, 0.15) is 17.0 Å². The first-order valence-corrected chi connectivity index (χ1v) is 17.4. The lowest BCUT2D eigenvalue weighted by Crippen LogP contribution is -2.10. The highest BCUT2D eigenvalue weighted by atomic mass is 32.2. The van der Waals surface area contributed by atoms with Gasteiger partial charge in [-0.1, -0.05) is 56.5 Å². The average molecular weight is 621 g/mol. The van der Waals surface area contributed by atoms with Gasteiger partial charge < -0.3 is 10.3 Å². The molecule has 5 aromatic rings. The number of hydrogen-bond donors (Lipinski definition) is 4. The molecule has 2 aromatic carbocycles. The summed E-state index contributed by atoms with van der Waals surface area (Å²) in [5, 5.41) is 12.1. The molecular formula is C37H41FN6S. The Balaban J connectivity index is 1.51. The van der Waals surface area contributed by atoms with E-state index in [2.05, 4.69) is 63.1 Å².